The number of hydrogen-bond acceptors (Lipinski definition) is 3. The van der Waals surface area contributed by atoms with Gasteiger partial charge in [-0.2, -0.15) is 0 Å². The number of hydrogen-bond donors (Lipinski definition) is 1. The molecular weight excluding hydrogens is 300 g/mol. The molecule has 116 valence electrons. The van der Waals surface area contributed by atoms with Crippen molar-refractivity contribution < 1.29 is 13.2 Å². The van der Waals surface area contributed by atoms with Crippen molar-refractivity contribution in [3.05, 3.63) is 65.2 Å². The summed E-state index contributed by atoms with van der Waals surface area (Å²) in [5.74, 6) is -0.795. The van der Waals surface area contributed by atoms with Gasteiger partial charge in [-0.05, 0) is 24.6 Å². The zero-order chi connectivity index (χ0) is 16.3. The summed E-state index contributed by atoms with van der Waals surface area (Å²) in [5, 5.41) is 0. The quantitative estimate of drug-likeness (QED) is 0.916. The van der Waals surface area contributed by atoms with Crippen molar-refractivity contribution in [2.75, 3.05) is 11.4 Å². The van der Waals surface area contributed by atoms with E-state index in [1.807, 2.05) is 13.0 Å². The summed E-state index contributed by atoms with van der Waals surface area (Å²) in [5.41, 5.74) is 7.36. The van der Waals surface area contributed by atoms with Crippen molar-refractivity contribution in [1.82, 2.24) is 0 Å². The average molecular weight is 318 g/mol. The fraction of sp³-hybridized carbons (Fsp3) is 0.188. The molecule has 2 aromatic rings. The number of nitrogens with two attached hydrogens (primary N) is 1. The van der Waals surface area contributed by atoms with Gasteiger partial charge >= 0.3 is 0 Å². The fourth-order valence-electron chi connectivity index (χ4n) is 2.15. The molecule has 0 radical (unpaired) electrons. The molecule has 0 bridgehead atoms. The molecule has 0 fully saturated rings. The summed E-state index contributed by atoms with van der Waals surface area (Å²) in [4.78, 5) is 11.6. The van der Waals surface area contributed by atoms with Gasteiger partial charge in [0, 0.05) is 7.05 Å². The number of primary amides is 1. The molecule has 0 saturated heterocycles. The third-order valence-corrected chi connectivity index (χ3v) is 5.10. The molecule has 6 heteroatoms. The molecule has 0 aliphatic rings. The Bertz CT molecular complexity index is 786. The van der Waals surface area contributed by atoms with Crippen molar-refractivity contribution in [3.63, 3.8) is 0 Å². The van der Waals surface area contributed by atoms with Gasteiger partial charge in [0.25, 0.3) is 5.91 Å². The number of rotatable bonds is 5. The van der Waals surface area contributed by atoms with Gasteiger partial charge in [0.2, 0.25) is 10.0 Å². The van der Waals surface area contributed by atoms with E-state index in [9.17, 15) is 13.2 Å². The SMILES string of the molecule is Cc1ccc(N(C)S(=O)(=O)Cc2ccccc2)c(C(N)=O)c1. The number of anilines is 1. The molecule has 0 saturated carbocycles. The standard InChI is InChI=1S/C16H18N2O3S/c1-12-8-9-15(14(10-12)16(17)19)18(2)22(20,21)11-13-6-4-3-5-7-13/h3-10H,11H2,1-2H3,(H2,17,19). The second-order valence-corrected chi connectivity index (χ2v) is 7.09. The predicted molar refractivity (Wildman–Crippen MR) is 87.2 cm³/mol. The monoisotopic (exact) mass is 318 g/mol. The van der Waals surface area contributed by atoms with Crippen LogP contribution in [-0.2, 0) is 15.8 Å². The smallest absolute Gasteiger partial charge is 0.250 e. The van der Waals surface area contributed by atoms with Crippen molar-refractivity contribution >= 4 is 21.6 Å². The van der Waals surface area contributed by atoms with Crippen LogP contribution in [0.5, 0.6) is 0 Å². The summed E-state index contributed by atoms with van der Waals surface area (Å²) in [7, 11) is -2.18. The maximum atomic E-state index is 12.5. The number of amides is 1. The van der Waals surface area contributed by atoms with Gasteiger partial charge in [0.15, 0.2) is 0 Å². The lowest BCUT2D eigenvalue weighted by molar-refractivity contribution is 0.100. The Morgan fingerprint density at radius 3 is 2.36 bits per heavy atom. The van der Waals surface area contributed by atoms with Crippen LogP contribution in [-0.4, -0.2) is 21.4 Å². The van der Waals surface area contributed by atoms with Gasteiger partial charge in [-0.15, -0.1) is 0 Å². The van der Waals surface area contributed by atoms with Crippen LogP contribution < -0.4 is 10.0 Å². The Morgan fingerprint density at radius 2 is 1.77 bits per heavy atom. The molecule has 0 spiro atoms. The highest BCUT2D eigenvalue weighted by Crippen LogP contribution is 2.24. The second-order valence-electron chi connectivity index (χ2n) is 5.09. The summed E-state index contributed by atoms with van der Waals surface area (Å²) in [6.45, 7) is 1.81. The molecule has 2 aromatic carbocycles. The normalized spacial score (nSPS) is 11.2. The summed E-state index contributed by atoms with van der Waals surface area (Å²) in [6.07, 6.45) is 0. The van der Waals surface area contributed by atoms with Crippen LogP contribution in [0.3, 0.4) is 0 Å². The number of carbonyl (C=O) groups excluding carboxylic acids is 1. The summed E-state index contributed by atoms with van der Waals surface area (Å²) >= 11 is 0. The minimum absolute atomic E-state index is 0.142. The Kier molecular flexibility index (Phi) is 4.51. The van der Waals surface area contributed by atoms with Crippen LogP contribution in [0.25, 0.3) is 0 Å². The number of nitrogens with zero attached hydrogens (tertiary/aromatic N) is 1. The molecule has 0 aromatic heterocycles. The first kappa shape index (κ1) is 16.0. The van der Waals surface area contributed by atoms with Gasteiger partial charge in [0.05, 0.1) is 17.0 Å². The van der Waals surface area contributed by atoms with Crippen LogP contribution in [0.15, 0.2) is 48.5 Å². The number of benzene rings is 2. The van der Waals surface area contributed by atoms with E-state index >= 15 is 0 Å². The molecule has 0 aliphatic heterocycles. The fourth-order valence-corrected chi connectivity index (χ4v) is 3.42. The van der Waals surface area contributed by atoms with Crippen molar-refractivity contribution in [3.8, 4) is 0 Å². The molecule has 0 unspecified atom stereocenters. The lowest BCUT2D eigenvalue weighted by atomic mass is 10.1. The van der Waals surface area contributed by atoms with Gasteiger partial charge < -0.3 is 5.73 Å². The third-order valence-electron chi connectivity index (χ3n) is 3.37. The molecule has 0 heterocycles. The minimum Gasteiger partial charge on any atom is -0.366 e. The highest BCUT2D eigenvalue weighted by molar-refractivity contribution is 7.92. The number of sulfonamides is 1. The average Bonchev–Trinajstić information content (AvgIpc) is 2.47. The number of aryl methyl sites for hydroxylation is 1. The maximum absolute atomic E-state index is 12.5. The van der Waals surface area contributed by atoms with Crippen LogP contribution in [0.4, 0.5) is 5.69 Å². The van der Waals surface area contributed by atoms with Crippen LogP contribution in [0.1, 0.15) is 21.5 Å². The van der Waals surface area contributed by atoms with Crippen LogP contribution in [0.2, 0.25) is 0 Å². The van der Waals surface area contributed by atoms with Crippen LogP contribution in [0, 0.1) is 6.92 Å². The van der Waals surface area contributed by atoms with E-state index in [4.69, 9.17) is 5.73 Å². The van der Waals surface area contributed by atoms with E-state index < -0.39 is 15.9 Å². The molecular formula is C16H18N2O3S. The molecule has 0 aliphatic carbocycles. The first-order valence-corrected chi connectivity index (χ1v) is 8.33. The molecule has 1 amide bonds. The maximum Gasteiger partial charge on any atom is 0.250 e. The van der Waals surface area contributed by atoms with E-state index in [1.165, 1.54) is 7.05 Å². The van der Waals surface area contributed by atoms with E-state index in [-0.39, 0.29) is 17.0 Å². The molecule has 22 heavy (non-hydrogen) atoms. The van der Waals surface area contributed by atoms with Gasteiger partial charge in [0.1, 0.15) is 0 Å². The zero-order valence-corrected chi connectivity index (χ0v) is 13.3. The van der Waals surface area contributed by atoms with Gasteiger partial charge in [-0.25, -0.2) is 8.42 Å². The molecule has 0 atom stereocenters. The largest absolute Gasteiger partial charge is 0.366 e. The third kappa shape index (κ3) is 3.46. The van der Waals surface area contributed by atoms with Gasteiger partial charge in [-0.1, -0.05) is 42.0 Å². The zero-order valence-electron chi connectivity index (χ0n) is 12.5. The van der Waals surface area contributed by atoms with Crippen LogP contribution >= 0.6 is 0 Å². The lowest BCUT2D eigenvalue weighted by Crippen LogP contribution is -2.30. The van der Waals surface area contributed by atoms with E-state index in [2.05, 4.69) is 0 Å². The first-order valence-electron chi connectivity index (χ1n) is 6.72. The Hall–Kier alpha value is -2.34. The van der Waals surface area contributed by atoms with Gasteiger partial charge in [-0.3, -0.25) is 9.10 Å². The van der Waals surface area contributed by atoms with Crippen molar-refractivity contribution in [2.24, 2.45) is 5.73 Å². The minimum atomic E-state index is -3.61. The van der Waals surface area contributed by atoms with E-state index in [1.54, 1.807) is 42.5 Å². The van der Waals surface area contributed by atoms with E-state index in [0.29, 0.717) is 5.56 Å². The highest BCUT2D eigenvalue weighted by atomic mass is 32.2. The highest BCUT2D eigenvalue weighted by Gasteiger charge is 2.23. The lowest BCUT2D eigenvalue weighted by Gasteiger charge is -2.22. The summed E-state index contributed by atoms with van der Waals surface area (Å²) in [6, 6.07) is 13.8. The Labute approximate surface area is 130 Å². The summed E-state index contributed by atoms with van der Waals surface area (Å²) < 4.78 is 26.2. The molecule has 2 rings (SSSR count). The number of carbonyl (C=O) groups is 1. The van der Waals surface area contributed by atoms with Crippen molar-refractivity contribution in [2.45, 2.75) is 12.7 Å². The molecule has 5 nitrogen and oxygen atoms in total. The molecule has 2 N–H and O–H groups in total. The van der Waals surface area contributed by atoms with Crippen molar-refractivity contribution in [1.29, 1.82) is 0 Å². The topological polar surface area (TPSA) is 80.5 Å². The first-order chi connectivity index (χ1) is 10.3. The Morgan fingerprint density at radius 1 is 1.14 bits per heavy atom. The Balaban J connectivity index is 2.39. The van der Waals surface area contributed by atoms with E-state index in [0.717, 1.165) is 9.87 Å². The second kappa shape index (κ2) is 6.19. The predicted octanol–water partition coefficient (Wildman–Crippen LogP) is 2.06.